The quantitative estimate of drug-likeness (QED) is 0.575. The summed E-state index contributed by atoms with van der Waals surface area (Å²) in [6, 6.07) is 0. The van der Waals surface area contributed by atoms with Gasteiger partial charge in [0.25, 0.3) is 0 Å². The number of nitrogens with zero attached hydrogens (tertiary/aromatic N) is 1. The van der Waals surface area contributed by atoms with Gasteiger partial charge in [-0.2, -0.15) is 0 Å². The largest absolute Gasteiger partial charge is 0.380 e. The van der Waals surface area contributed by atoms with Crippen LogP contribution in [0, 0.1) is 11.3 Å². The van der Waals surface area contributed by atoms with E-state index in [-0.39, 0.29) is 12.0 Å². The van der Waals surface area contributed by atoms with Gasteiger partial charge in [-0.15, -0.1) is 0 Å². The average Bonchev–Trinajstić information content (AvgIpc) is 2.47. The maximum atomic E-state index is 11.7. The minimum absolute atomic E-state index is 0.135. The molecule has 23 heavy (non-hydrogen) atoms. The minimum Gasteiger partial charge on any atom is -0.380 e. The number of Topliss-reactive ketones (excluding diaryl/α,β-unsaturated/α-hetero) is 1. The number of carbonyl (C=O) groups excluding carboxylic acids is 1. The Labute approximate surface area is 142 Å². The third kappa shape index (κ3) is 10.1. The van der Waals surface area contributed by atoms with Crippen LogP contribution in [0.1, 0.15) is 60.3 Å². The van der Waals surface area contributed by atoms with E-state index in [1.54, 1.807) is 0 Å². The van der Waals surface area contributed by atoms with Crippen molar-refractivity contribution in [2.75, 3.05) is 39.5 Å². The number of rotatable bonds is 10. The molecule has 0 aromatic rings. The second-order valence-electron chi connectivity index (χ2n) is 8.23. The van der Waals surface area contributed by atoms with Gasteiger partial charge in [0.1, 0.15) is 5.78 Å². The molecule has 1 aliphatic heterocycles. The topological polar surface area (TPSA) is 38.8 Å². The first kappa shape index (κ1) is 20.6. The monoisotopic (exact) mass is 327 g/mol. The molecular weight excluding hydrogens is 290 g/mol. The number of ketones is 1. The van der Waals surface area contributed by atoms with Crippen LogP contribution < -0.4 is 0 Å². The summed E-state index contributed by atoms with van der Waals surface area (Å²) in [5.41, 5.74) is 0.397. The molecule has 0 radical (unpaired) electrons. The van der Waals surface area contributed by atoms with Gasteiger partial charge in [-0.3, -0.25) is 9.69 Å². The Morgan fingerprint density at radius 1 is 1.30 bits per heavy atom. The van der Waals surface area contributed by atoms with E-state index in [2.05, 4.69) is 25.7 Å². The van der Waals surface area contributed by atoms with Gasteiger partial charge in [-0.05, 0) is 24.7 Å². The molecule has 4 nitrogen and oxygen atoms in total. The van der Waals surface area contributed by atoms with Crippen LogP contribution in [0.2, 0.25) is 0 Å². The van der Waals surface area contributed by atoms with Crippen molar-refractivity contribution in [3.63, 3.8) is 0 Å². The van der Waals surface area contributed by atoms with Crippen LogP contribution in [0.15, 0.2) is 0 Å². The maximum Gasteiger partial charge on any atom is 0.135 e. The van der Waals surface area contributed by atoms with E-state index in [1.165, 1.54) is 6.42 Å². The number of carbonyl (C=O) groups is 1. The first-order chi connectivity index (χ1) is 10.8. The van der Waals surface area contributed by atoms with Crippen molar-refractivity contribution in [2.24, 2.45) is 11.3 Å². The van der Waals surface area contributed by atoms with E-state index >= 15 is 0 Å². The van der Waals surface area contributed by atoms with Crippen molar-refractivity contribution < 1.29 is 14.3 Å². The molecule has 1 fully saturated rings. The lowest BCUT2D eigenvalue weighted by Crippen LogP contribution is -2.44. The summed E-state index contributed by atoms with van der Waals surface area (Å²) in [5, 5.41) is 0. The molecule has 0 saturated carbocycles. The Morgan fingerprint density at radius 3 is 2.70 bits per heavy atom. The highest BCUT2D eigenvalue weighted by atomic mass is 16.5. The zero-order valence-corrected chi connectivity index (χ0v) is 15.9. The molecule has 1 aliphatic rings. The van der Waals surface area contributed by atoms with Crippen LogP contribution in [0.25, 0.3) is 0 Å². The second-order valence-corrected chi connectivity index (χ2v) is 8.23. The summed E-state index contributed by atoms with van der Waals surface area (Å²) >= 11 is 0. The van der Waals surface area contributed by atoms with Crippen LogP contribution in [-0.2, 0) is 14.3 Å². The van der Waals surface area contributed by atoms with E-state index in [0.717, 1.165) is 52.3 Å². The van der Waals surface area contributed by atoms with Gasteiger partial charge in [0.2, 0.25) is 0 Å². The van der Waals surface area contributed by atoms with Gasteiger partial charge < -0.3 is 9.47 Å². The van der Waals surface area contributed by atoms with Crippen molar-refractivity contribution in [2.45, 2.75) is 66.4 Å². The zero-order chi connectivity index (χ0) is 17.3. The summed E-state index contributed by atoms with van der Waals surface area (Å²) in [4.78, 5) is 14.1. The molecule has 1 rings (SSSR count). The fourth-order valence-corrected chi connectivity index (χ4v) is 2.75. The molecule has 0 aromatic carbocycles. The fraction of sp³-hybridized carbons (Fsp3) is 0.947. The fourth-order valence-electron chi connectivity index (χ4n) is 2.75. The molecule has 0 spiro atoms. The average molecular weight is 328 g/mol. The summed E-state index contributed by atoms with van der Waals surface area (Å²) in [5.74, 6) is 0.476. The Balaban J connectivity index is 2.10. The van der Waals surface area contributed by atoms with Gasteiger partial charge in [-0.1, -0.05) is 34.6 Å². The van der Waals surface area contributed by atoms with Crippen LogP contribution in [-0.4, -0.2) is 56.2 Å². The standard InChI is InChI=1S/C19H37NO3/c1-16(2)18(21)8-7-17-15-20(11-14-23-17)10-13-22-12-6-9-19(3,4)5/h16-17H,6-15H2,1-5H3. The number of morpholine rings is 1. The first-order valence-electron chi connectivity index (χ1n) is 9.22. The van der Waals surface area contributed by atoms with Crippen LogP contribution in [0.3, 0.4) is 0 Å². The van der Waals surface area contributed by atoms with E-state index < -0.39 is 0 Å². The first-order valence-corrected chi connectivity index (χ1v) is 9.22. The summed E-state index contributed by atoms with van der Waals surface area (Å²) in [6.45, 7) is 16.0. The van der Waals surface area contributed by atoms with Crippen LogP contribution in [0.4, 0.5) is 0 Å². The van der Waals surface area contributed by atoms with Crippen molar-refractivity contribution in [3.8, 4) is 0 Å². The van der Waals surface area contributed by atoms with E-state index in [0.29, 0.717) is 17.6 Å². The lowest BCUT2D eigenvalue weighted by Gasteiger charge is -2.32. The van der Waals surface area contributed by atoms with Gasteiger partial charge in [0.15, 0.2) is 0 Å². The molecule has 136 valence electrons. The Kier molecular flexibility index (Phi) is 9.33. The van der Waals surface area contributed by atoms with Gasteiger partial charge in [-0.25, -0.2) is 0 Å². The molecule has 0 aliphatic carbocycles. The van der Waals surface area contributed by atoms with E-state index in [9.17, 15) is 4.79 Å². The molecule has 0 bridgehead atoms. The van der Waals surface area contributed by atoms with Crippen LogP contribution >= 0.6 is 0 Å². The van der Waals surface area contributed by atoms with Gasteiger partial charge >= 0.3 is 0 Å². The van der Waals surface area contributed by atoms with Gasteiger partial charge in [0.05, 0.1) is 19.3 Å². The number of hydrogen-bond acceptors (Lipinski definition) is 4. The molecule has 0 aromatic heterocycles. The third-order valence-corrected chi connectivity index (χ3v) is 4.35. The highest BCUT2D eigenvalue weighted by Crippen LogP contribution is 2.20. The van der Waals surface area contributed by atoms with Crippen LogP contribution in [0.5, 0.6) is 0 Å². The lowest BCUT2D eigenvalue weighted by atomic mass is 9.91. The Bertz CT molecular complexity index is 336. The zero-order valence-electron chi connectivity index (χ0n) is 15.9. The molecular formula is C19H37NO3. The van der Waals surface area contributed by atoms with Crippen molar-refractivity contribution >= 4 is 5.78 Å². The Hall–Kier alpha value is -0.450. The molecule has 0 amide bonds. The third-order valence-electron chi connectivity index (χ3n) is 4.35. The molecule has 0 N–H and O–H groups in total. The SMILES string of the molecule is CC(C)C(=O)CCC1CN(CCOCCCC(C)(C)C)CCO1. The van der Waals surface area contributed by atoms with Gasteiger partial charge in [0, 0.05) is 38.6 Å². The molecule has 1 saturated heterocycles. The smallest absolute Gasteiger partial charge is 0.135 e. The normalized spacial score (nSPS) is 20.2. The van der Waals surface area contributed by atoms with E-state index in [4.69, 9.17) is 9.47 Å². The van der Waals surface area contributed by atoms with Crippen molar-refractivity contribution in [3.05, 3.63) is 0 Å². The second kappa shape index (κ2) is 10.4. The molecule has 1 unspecified atom stereocenters. The van der Waals surface area contributed by atoms with Crippen molar-refractivity contribution in [1.29, 1.82) is 0 Å². The minimum atomic E-state index is 0.135. The predicted octanol–water partition coefficient (Wildman–Crippen LogP) is 3.54. The number of hydrogen-bond donors (Lipinski definition) is 0. The highest BCUT2D eigenvalue weighted by Gasteiger charge is 2.21. The lowest BCUT2D eigenvalue weighted by molar-refractivity contribution is -0.123. The predicted molar refractivity (Wildman–Crippen MR) is 94.8 cm³/mol. The molecule has 1 heterocycles. The summed E-state index contributed by atoms with van der Waals surface area (Å²) in [6.07, 6.45) is 4.02. The maximum absolute atomic E-state index is 11.7. The van der Waals surface area contributed by atoms with E-state index in [1.807, 2.05) is 13.8 Å². The summed E-state index contributed by atoms with van der Waals surface area (Å²) in [7, 11) is 0. The molecule has 1 atom stereocenters. The Morgan fingerprint density at radius 2 is 2.04 bits per heavy atom. The molecule has 4 heteroatoms. The summed E-state index contributed by atoms with van der Waals surface area (Å²) < 4.78 is 11.5. The highest BCUT2D eigenvalue weighted by molar-refractivity contribution is 5.80. The number of ether oxygens (including phenoxy) is 2. The van der Waals surface area contributed by atoms with Crippen molar-refractivity contribution in [1.82, 2.24) is 4.90 Å².